The lowest BCUT2D eigenvalue weighted by Gasteiger charge is -2.04. The van der Waals surface area contributed by atoms with Crippen LogP contribution in [0, 0.1) is 11.3 Å². The first kappa shape index (κ1) is 10.1. The normalized spacial score (nSPS) is 9.50. The fourth-order valence-electron chi connectivity index (χ4n) is 1.34. The van der Waals surface area contributed by atoms with Crippen molar-refractivity contribution in [2.24, 2.45) is 0 Å². The summed E-state index contributed by atoms with van der Waals surface area (Å²) in [5, 5.41) is 8.78. The van der Waals surface area contributed by atoms with E-state index in [2.05, 4.69) is 9.97 Å². The molecule has 0 radical (unpaired) electrons. The van der Waals surface area contributed by atoms with E-state index in [1.807, 2.05) is 36.4 Å². The Kier molecular flexibility index (Phi) is 2.79. The van der Waals surface area contributed by atoms with E-state index in [1.165, 1.54) is 7.11 Å². The minimum Gasteiger partial charge on any atom is -0.479 e. The van der Waals surface area contributed by atoms with Gasteiger partial charge in [0.2, 0.25) is 5.69 Å². The number of hydrogen-bond donors (Lipinski definition) is 0. The van der Waals surface area contributed by atoms with Crippen molar-refractivity contribution < 1.29 is 4.74 Å². The number of methoxy groups -OCH3 is 1. The summed E-state index contributed by atoms with van der Waals surface area (Å²) in [7, 11) is 1.47. The molecule has 2 aromatic rings. The second kappa shape index (κ2) is 4.41. The molecule has 4 nitrogen and oxygen atoms in total. The van der Waals surface area contributed by atoms with Crippen LogP contribution in [0.4, 0.5) is 0 Å². The van der Waals surface area contributed by atoms with Crippen molar-refractivity contribution in [2.75, 3.05) is 7.11 Å². The van der Waals surface area contributed by atoms with E-state index >= 15 is 0 Å². The van der Waals surface area contributed by atoms with Gasteiger partial charge in [0.05, 0.1) is 19.0 Å². The van der Waals surface area contributed by atoms with Crippen molar-refractivity contribution in [3.63, 3.8) is 0 Å². The summed E-state index contributed by atoms with van der Waals surface area (Å²) in [5.74, 6) is 0.254. The van der Waals surface area contributed by atoms with Crippen LogP contribution in [0.25, 0.3) is 11.3 Å². The molecule has 0 aliphatic heterocycles. The van der Waals surface area contributed by atoms with Crippen LogP contribution in [0.1, 0.15) is 5.69 Å². The van der Waals surface area contributed by atoms with Crippen LogP contribution in [-0.4, -0.2) is 17.1 Å². The largest absolute Gasteiger partial charge is 0.479 e. The molecule has 0 saturated carbocycles. The van der Waals surface area contributed by atoms with Gasteiger partial charge in [0.15, 0.2) is 0 Å². The Hall–Kier alpha value is -2.41. The molecule has 0 atom stereocenters. The molecule has 0 spiro atoms. The van der Waals surface area contributed by atoms with E-state index in [-0.39, 0.29) is 11.6 Å². The molecule has 2 rings (SSSR count). The average Bonchev–Trinajstić information content (AvgIpc) is 2.39. The lowest BCUT2D eigenvalue weighted by Crippen LogP contribution is -1.96. The molecule has 0 fully saturated rings. The second-order valence-electron chi connectivity index (χ2n) is 3.09. The van der Waals surface area contributed by atoms with Crippen LogP contribution >= 0.6 is 0 Å². The highest BCUT2D eigenvalue weighted by Crippen LogP contribution is 2.20. The van der Waals surface area contributed by atoms with Crippen molar-refractivity contribution in [1.82, 2.24) is 9.97 Å². The maximum atomic E-state index is 8.78. The van der Waals surface area contributed by atoms with E-state index in [9.17, 15) is 0 Å². The van der Waals surface area contributed by atoms with Gasteiger partial charge in [-0.3, -0.25) is 0 Å². The molecular formula is C12H9N3O. The minimum absolute atomic E-state index is 0.196. The minimum atomic E-state index is 0.196. The number of nitriles is 1. The van der Waals surface area contributed by atoms with Crippen molar-refractivity contribution in [2.45, 2.75) is 0 Å². The number of hydrogen-bond acceptors (Lipinski definition) is 4. The summed E-state index contributed by atoms with van der Waals surface area (Å²) in [6.45, 7) is 0. The molecule has 4 heteroatoms. The van der Waals surface area contributed by atoms with Crippen LogP contribution in [-0.2, 0) is 0 Å². The van der Waals surface area contributed by atoms with Gasteiger partial charge in [0.1, 0.15) is 6.07 Å². The fraction of sp³-hybridized carbons (Fsp3) is 0.0833. The molecule has 0 amide bonds. The quantitative estimate of drug-likeness (QED) is 0.762. The van der Waals surface area contributed by atoms with Gasteiger partial charge in [-0.2, -0.15) is 5.26 Å². The molecule has 0 bridgehead atoms. The molecule has 0 unspecified atom stereocenters. The van der Waals surface area contributed by atoms with Gasteiger partial charge >= 0.3 is 0 Å². The van der Waals surface area contributed by atoms with Crippen molar-refractivity contribution >= 4 is 0 Å². The molecular weight excluding hydrogens is 202 g/mol. The first-order chi connectivity index (χ1) is 7.85. The lowest BCUT2D eigenvalue weighted by atomic mass is 10.2. The molecule has 0 N–H and O–H groups in total. The van der Waals surface area contributed by atoms with Crippen LogP contribution in [0.2, 0.25) is 0 Å². The number of rotatable bonds is 2. The van der Waals surface area contributed by atoms with Gasteiger partial charge in [0, 0.05) is 5.56 Å². The second-order valence-corrected chi connectivity index (χ2v) is 3.09. The predicted octanol–water partition coefficient (Wildman–Crippen LogP) is 2.02. The summed E-state index contributed by atoms with van der Waals surface area (Å²) >= 11 is 0. The summed E-state index contributed by atoms with van der Waals surface area (Å²) in [4.78, 5) is 8.22. The third-order valence-corrected chi connectivity index (χ3v) is 2.11. The standard InChI is InChI=1S/C12H9N3O/c1-16-12-10(7-13)14-8-11(15-12)9-5-3-2-4-6-9/h2-6,8H,1H3. The SMILES string of the molecule is COc1nc(-c2ccccc2)cnc1C#N. The highest BCUT2D eigenvalue weighted by Gasteiger charge is 2.08. The van der Waals surface area contributed by atoms with Crippen molar-refractivity contribution in [3.05, 3.63) is 42.2 Å². The predicted molar refractivity (Wildman–Crippen MR) is 58.7 cm³/mol. The van der Waals surface area contributed by atoms with E-state index < -0.39 is 0 Å². The van der Waals surface area contributed by atoms with Gasteiger partial charge in [-0.1, -0.05) is 30.3 Å². The Balaban J connectivity index is 2.49. The topological polar surface area (TPSA) is 58.8 Å². The Bertz CT molecular complexity index is 532. The van der Waals surface area contributed by atoms with Gasteiger partial charge in [-0.05, 0) is 0 Å². The Labute approximate surface area is 93.2 Å². The Morgan fingerprint density at radius 2 is 2.00 bits per heavy atom. The first-order valence-corrected chi connectivity index (χ1v) is 4.71. The van der Waals surface area contributed by atoms with E-state index in [1.54, 1.807) is 6.20 Å². The highest BCUT2D eigenvalue weighted by atomic mass is 16.5. The molecule has 0 aliphatic rings. The molecule has 78 valence electrons. The zero-order valence-electron chi connectivity index (χ0n) is 8.71. The summed E-state index contributed by atoms with van der Waals surface area (Å²) in [6.07, 6.45) is 1.57. The zero-order valence-corrected chi connectivity index (χ0v) is 8.71. The van der Waals surface area contributed by atoms with Crippen molar-refractivity contribution in [3.8, 4) is 23.2 Å². The molecule has 0 aliphatic carbocycles. The van der Waals surface area contributed by atoms with Gasteiger partial charge in [0.25, 0.3) is 5.88 Å². The monoisotopic (exact) mass is 211 g/mol. The molecule has 1 heterocycles. The van der Waals surface area contributed by atoms with E-state index in [0.29, 0.717) is 5.69 Å². The Morgan fingerprint density at radius 3 is 2.62 bits per heavy atom. The Morgan fingerprint density at radius 1 is 1.25 bits per heavy atom. The third kappa shape index (κ3) is 1.84. The number of aromatic nitrogens is 2. The first-order valence-electron chi connectivity index (χ1n) is 4.71. The maximum absolute atomic E-state index is 8.78. The molecule has 0 saturated heterocycles. The van der Waals surface area contributed by atoms with Gasteiger partial charge < -0.3 is 4.74 Å². The molecule has 16 heavy (non-hydrogen) atoms. The average molecular weight is 211 g/mol. The van der Waals surface area contributed by atoms with Gasteiger partial charge in [-0.25, -0.2) is 9.97 Å². The molecule has 1 aromatic heterocycles. The van der Waals surface area contributed by atoms with Crippen LogP contribution in [0.15, 0.2) is 36.5 Å². The molecule has 1 aromatic carbocycles. The number of benzene rings is 1. The van der Waals surface area contributed by atoms with Crippen LogP contribution in [0.5, 0.6) is 5.88 Å². The summed E-state index contributed by atoms with van der Waals surface area (Å²) in [6, 6.07) is 11.5. The van der Waals surface area contributed by atoms with Crippen LogP contribution < -0.4 is 4.74 Å². The lowest BCUT2D eigenvalue weighted by molar-refractivity contribution is 0.394. The maximum Gasteiger partial charge on any atom is 0.251 e. The smallest absolute Gasteiger partial charge is 0.251 e. The fourth-order valence-corrected chi connectivity index (χ4v) is 1.34. The van der Waals surface area contributed by atoms with Gasteiger partial charge in [-0.15, -0.1) is 0 Å². The van der Waals surface area contributed by atoms with Crippen LogP contribution in [0.3, 0.4) is 0 Å². The zero-order chi connectivity index (χ0) is 11.4. The summed E-state index contributed by atoms with van der Waals surface area (Å²) in [5.41, 5.74) is 1.83. The van der Waals surface area contributed by atoms with Crippen molar-refractivity contribution in [1.29, 1.82) is 5.26 Å². The number of ether oxygens (including phenoxy) is 1. The van der Waals surface area contributed by atoms with E-state index in [0.717, 1.165) is 5.56 Å². The number of nitrogens with zero attached hydrogens (tertiary/aromatic N) is 3. The summed E-state index contributed by atoms with van der Waals surface area (Å²) < 4.78 is 5.00. The van der Waals surface area contributed by atoms with E-state index in [4.69, 9.17) is 10.00 Å². The third-order valence-electron chi connectivity index (χ3n) is 2.11. The highest BCUT2D eigenvalue weighted by molar-refractivity contribution is 5.59.